The van der Waals surface area contributed by atoms with E-state index in [4.69, 9.17) is 33.2 Å². The van der Waals surface area contributed by atoms with Gasteiger partial charge in [0, 0.05) is 108 Å². The van der Waals surface area contributed by atoms with Crippen LogP contribution in [0.15, 0.2) is 48.5 Å². The fraction of sp³-hybridized carbons (Fsp3) is 0.472. The first-order chi connectivity index (χ1) is 47.1. The highest BCUT2D eigenvalue weighted by molar-refractivity contribution is 5.97. The minimum atomic E-state index is -4.62. The summed E-state index contributed by atoms with van der Waals surface area (Å²) in [4.78, 5) is 55.3. The molecule has 0 saturated heterocycles. The van der Waals surface area contributed by atoms with Crippen LogP contribution in [0.5, 0.6) is 23.0 Å². The molecule has 4 aromatic carbocycles. The summed E-state index contributed by atoms with van der Waals surface area (Å²) >= 11 is 0. The smallest absolute Gasteiger partial charge is 0.420 e. The zero-order chi connectivity index (χ0) is 75.0. The van der Waals surface area contributed by atoms with Gasteiger partial charge in [0.25, 0.3) is 0 Å². The van der Waals surface area contributed by atoms with Crippen molar-refractivity contribution in [2.45, 2.75) is 91.9 Å². The van der Waals surface area contributed by atoms with Gasteiger partial charge < -0.3 is 75.8 Å². The average molecular weight is 1400 g/mol. The van der Waals surface area contributed by atoms with Gasteiger partial charge in [0.1, 0.15) is 46.3 Å². The number of carbonyl (C=O) groups is 4. The molecular formula is C72H92F6N10O12. The number of methoxy groups -OCH3 is 8. The minimum Gasteiger partial charge on any atom is -0.496 e. The molecule has 0 atom stereocenters. The molecule has 100 heavy (non-hydrogen) atoms. The molecule has 0 bridgehead atoms. The second-order valence-corrected chi connectivity index (χ2v) is 24.5. The molecule has 0 unspecified atom stereocenters. The minimum absolute atomic E-state index is 0.00138. The Hall–Kier alpha value is -9.48. The summed E-state index contributed by atoms with van der Waals surface area (Å²) in [6.07, 6.45) is -9.06. The molecule has 22 nitrogen and oxygen atoms in total. The third kappa shape index (κ3) is 19.1. The van der Waals surface area contributed by atoms with Crippen molar-refractivity contribution in [3.05, 3.63) is 116 Å². The van der Waals surface area contributed by atoms with Crippen LogP contribution in [-0.4, -0.2) is 201 Å². The van der Waals surface area contributed by atoms with Gasteiger partial charge in [-0.1, -0.05) is 0 Å². The van der Waals surface area contributed by atoms with Crippen LogP contribution in [0.3, 0.4) is 0 Å². The molecule has 0 aliphatic heterocycles. The monoisotopic (exact) mass is 1400 g/mol. The molecule has 0 spiro atoms. The van der Waals surface area contributed by atoms with Crippen LogP contribution < -0.4 is 18.9 Å². The van der Waals surface area contributed by atoms with Crippen molar-refractivity contribution in [2.24, 2.45) is 0 Å². The van der Waals surface area contributed by atoms with E-state index in [2.05, 4.69) is 35.8 Å². The van der Waals surface area contributed by atoms with Gasteiger partial charge in [0.05, 0.1) is 105 Å². The van der Waals surface area contributed by atoms with Crippen molar-refractivity contribution < 1.29 is 83.4 Å². The molecule has 0 fully saturated rings. The molecule has 4 heterocycles. The predicted molar refractivity (Wildman–Crippen MR) is 369 cm³/mol. The zero-order valence-electron chi connectivity index (χ0n) is 60.7. The molecule has 0 amide bonds. The third-order valence-corrected chi connectivity index (χ3v) is 17.2. The molecule has 0 saturated carbocycles. The highest BCUT2D eigenvalue weighted by Crippen LogP contribution is 2.45. The van der Waals surface area contributed by atoms with E-state index in [1.165, 1.54) is 69.0 Å². The van der Waals surface area contributed by atoms with Gasteiger partial charge in [-0.3, -0.25) is 19.2 Å². The number of benzene rings is 4. The van der Waals surface area contributed by atoms with Crippen LogP contribution >= 0.6 is 0 Å². The van der Waals surface area contributed by atoms with E-state index in [1.54, 1.807) is 26.0 Å². The topological polar surface area (TPSA) is 222 Å². The summed E-state index contributed by atoms with van der Waals surface area (Å²) in [5, 5.41) is 21.2. The number of esters is 4. The normalized spacial score (nSPS) is 11.5. The number of ether oxygens (including phenoxy) is 8. The Bertz CT molecular complexity index is 4280. The predicted octanol–water partition coefficient (Wildman–Crippen LogP) is 10.7. The summed E-state index contributed by atoms with van der Waals surface area (Å²) in [7, 11) is 26.3. The molecule has 0 radical (unpaired) electrons. The van der Waals surface area contributed by atoms with Crippen molar-refractivity contribution in [2.75, 3.05) is 139 Å². The Morgan fingerprint density at radius 1 is 0.410 bits per heavy atom. The number of carbonyl (C=O) groups excluding carboxylic acids is 4. The van der Waals surface area contributed by atoms with Gasteiger partial charge in [0.2, 0.25) is 0 Å². The fourth-order valence-corrected chi connectivity index (χ4v) is 11.9. The first-order valence-electron chi connectivity index (χ1n) is 31.7. The maximum absolute atomic E-state index is 13.8. The summed E-state index contributed by atoms with van der Waals surface area (Å²) < 4.78 is 129. The Morgan fingerprint density at radius 3 is 1.08 bits per heavy atom. The molecule has 0 aliphatic rings. The molecular weight excluding hydrogens is 1310 g/mol. The first kappa shape index (κ1) is 81.2. The van der Waals surface area contributed by atoms with E-state index < -0.39 is 35.4 Å². The number of hydrogen-bond acceptors (Lipinski definition) is 18. The highest BCUT2D eigenvalue weighted by Gasteiger charge is 2.40. The van der Waals surface area contributed by atoms with Crippen LogP contribution in [0.2, 0.25) is 0 Å². The summed E-state index contributed by atoms with van der Waals surface area (Å²) in [5.74, 6) is -1.14. The molecule has 0 N–H and O–H groups in total. The largest absolute Gasteiger partial charge is 0.496 e. The van der Waals surface area contributed by atoms with E-state index in [9.17, 15) is 56.0 Å². The van der Waals surface area contributed by atoms with E-state index in [-0.39, 0.29) is 54.5 Å². The number of nitriles is 2. The molecule has 28 heteroatoms. The van der Waals surface area contributed by atoms with Gasteiger partial charge in [0.15, 0.2) is 0 Å². The lowest BCUT2D eigenvalue weighted by Gasteiger charge is -2.15. The maximum Gasteiger partial charge on any atom is 0.420 e. The third-order valence-electron chi connectivity index (χ3n) is 17.2. The van der Waals surface area contributed by atoms with Gasteiger partial charge in [-0.05, 0) is 155 Å². The van der Waals surface area contributed by atoms with Crippen molar-refractivity contribution >= 4 is 67.5 Å². The summed E-state index contributed by atoms with van der Waals surface area (Å²) in [5.41, 5.74) is 8.03. The van der Waals surface area contributed by atoms with E-state index >= 15 is 0 Å². The summed E-state index contributed by atoms with van der Waals surface area (Å²) in [6, 6.07) is 17.2. The first-order valence-corrected chi connectivity index (χ1v) is 31.7. The quantitative estimate of drug-likeness (QED) is 0.0312. The highest BCUT2D eigenvalue weighted by atomic mass is 19.4. The molecule has 8 aromatic rings. The number of aromatic nitrogens is 4. The summed E-state index contributed by atoms with van der Waals surface area (Å²) in [6.45, 7) is 13.0. The van der Waals surface area contributed by atoms with Crippen molar-refractivity contribution in [3.8, 4) is 35.1 Å². The van der Waals surface area contributed by atoms with E-state index in [0.29, 0.717) is 82.0 Å². The van der Waals surface area contributed by atoms with Crippen molar-refractivity contribution in [1.82, 2.24) is 37.9 Å². The van der Waals surface area contributed by atoms with Gasteiger partial charge in [-0.25, -0.2) is 0 Å². The van der Waals surface area contributed by atoms with Gasteiger partial charge in [-0.15, -0.1) is 0 Å². The van der Waals surface area contributed by atoms with Crippen LogP contribution in [0.4, 0.5) is 26.3 Å². The number of nitrogens with zero attached hydrogens (tertiary/aromatic N) is 10. The van der Waals surface area contributed by atoms with Crippen LogP contribution in [-0.2, 0) is 102 Å². The standard InChI is InChI=1S/2C18H23F3N2O3.2C18H23N3O3/c1-11-12(9-17(24)26-5)13-8-16(25-4)14(18(19,20)21)10-15(13)23(11)7-6-22(2)3;1-11-12(10-15(24)26-5)16-13(23(11)9-8-22(2)3)6-7-14(25-4)17(16)18(19,20)21;1-12-14(10-18(22)24-5)15-9-17(23-4)13(11-19)8-16(15)21(12)7-6-20(2)3;1-12-13(10-17(22)24-5)18-14(11-19)16(23-4)7-6-15(18)21(12)9-8-20(2)3/h8,10H,6-7,9H2,1-5H3;6-7H,8-10H2,1-5H3;8-9H,6-7,10H2,1-5H3;6-7H,8-10H2,1-5H3. The number of rotatable bonds is 24. The number of fused-ring (bicyclic) bond motifs is 4. The zero-order valence-corrected chi connectivity index (χ0v) is 60.7. The lowest BCUT2D eigenvalue weighted by molar-refractivity contribution is -0.140. The average Bonchev–Trinajstić information content (AvgIpc) is 1.60. The number of alkyl halides is 6. The van der Waals surface area contributed by atoms with Gasteiger partial charge in [-0.2, -0.15) is 36.9 Å². The Labute approximate surface area is 579 Å². The second-order valence-electron chi connectivity index (χ2n) is 24.5. The van der Waals surface area contributed by atoms with Crippen LogP contribution in [0.25, 0.3) is 43.6 Å². The molecule has 0 aliphatic carbocycles. The Balaban J connectivity index is 0.000000241. The van der Waals surface area contributed by atoms with Gasteiger partial charge >= 0.3 is 36.2 Å². The maximum atomic E-state index is 13.8. The van der Waals surface area contributed by atoms with Crippen molar-refractivity contribution in [1.29, 1.82) is 10.5 Å². The van der Waals surface area contributed by atoms with Crippen LogP contribution in [0.1, 0.15) is 67.3 Å². The van der Waals surface area contributed by atoms with E-state index in [0.717, 1.165) is 82.3 Å². The molecule has 4 aromatic heterocycles. The fourth-order valence-electron chi connectivity index (χ4n) is 11.9. The Kier molecular flexibility index (Phi) is 28.8. The lowest BCUT2D eigenvalue weighted by atomic mass is 10.0. The number of halogens is 6. The second kappa shape index (κ2) is 35.5. The molecule has 544 valence electrons. The molecule has 8 rings (SSSR count). The van der Waals surface area contributed by atoms with Crippen LogP contribution in [0, 0.1) is 50.4 Å². The van der Waals surface area contributed by atoms with E-state index in [1.807, 2.05) is 107 Å². The Morgan fingerprint density at radius 2 is 0.740 bits per heavy atom. The SMILES string of the molecule is COC(=O)Cc1c(C)n(CCN(C)C)c2cc(C#N)c(OC)cc12.COC(=O)Cc1c(C)n(CCN(C)C)c2cc(C(F)(F)F)c(OC)cc12.COC(=O)Cc1c(C)n(CCN(C)C)c2ccc(OC)c(C#N)c12.COC(=O)Cc1c(C)n(CCN(C)C)c2ccc(OC)c(C(F)(F)F)c12. The number of likely N-dealkylation sites (N-methyl/N-ethyl adjacent to an activating group) is 4. The van der Waals surface area contributed by atoms with Crippen molar-refractivity contribution in [3.63, 3.8) is 0 Å². The number of hydrogen-bond donors (Lipinski definition) is 0. The lowest BCUT2D eigenvalue weighted by Crippen LogP contribution is -2.19.